The second-order valence-corrected chi connectivity index (χ2v) is 4.21. The second-order valence-electron chi connectivity index (χ2n) is 3.24. The summed E-state index contributed by atoms with van der Waals surface area (Å²) in [6, 6.07) is 6.19. The summed E-state index contributed by atoms with van der Waals surface area (Å²) in [4.78, 5) is 4.17. The van der Waals surface area contributed by atoms with Gasteiger partial charge < -0.3 is 4.52 Å². The fraction of sp³-hybridized carbons (Fsp3) is 0.200. The molecule has 0 fully saturated rings. The van der Waals surface area contributed by atoms with Gasteiger partial charge in [0.15, 0.2) is 0 Å². The van der Waals surface area contributed by atoms with Gasteiger partial charge in [-0.25, -0.2) is 0 Å². The Balaban J connectivity index is 2.51. The van der Waals surface area contributed by atoms with Crippen LogP contribution in [0, 0.1) is 17.7 Å². The Labute approximate surface area is 95.7 Å². The molecule has 4 heteroatoms. The van der Waals surface area contributed by atoms with Crippen molar-refractivity contribution in [2.45, 2.75) is 13.8 Å². The summed E-state index contributed by atoms with van der Waals surface area (Å²) in [5, 5.41) is 3.75. The van der Waals surface area contributed by atoms with Crippen molar-refractivity contribution in [1.29, 1.82) is 0 Å². The zero-order valence-corrected chi connectivity index (χ0v) is 10.1. The highest BCUT2D eigenvalue weighted by Crippen LogP contribution is 2.20. The Morgan fingerprint density at radius 3 is 2.29 bits per heavy atom. The number of hydrogen-bond acceptors (Lipinski definition) is 3. The standard InChI is InChI=1S/C10H9IN2O/c1-6-3-7(2)5-8(4-6)9-12-10(11)13-14-9/h3-5H,1-2H3. The lowest BCUT2D eigenvalue weighted by Gasteiger charge is -1.99. The molecule has 2 rings (SSSR count). The number of halogens is 1. The maximum Gasteiger partial charge on any atom is 0.258 e. The highest BCUT2D eigenvalue weighted by molar-refractivity contribution is 14.1. The molecule has 1 aromatic heterocycles. The molecule has 0 saturated carbocycles. The minimum absolute atomic E-state index is 0.584. The molecule has 0 aliphatic rings. The van der Waals surface area contributed by atoms with Crippen molar-refractivity contribution in [3.63, 3.8) is 0 Å². The molecule has 0 spiro atoms. The summed E-state index contributed by atoms with van der Waals surface area (Å²) in [5.74, 6) is 0.584. The van der Waals surface area contributed by atoms with Gasteiger partial charge in [0, 0.05) is 28.2 Å². The number of hydrogen-bond donors (Lipinski definition) is 0. The lowest BCUT2D eigenvalue weighted by Crippen LogP contribution is -1.82. The summed E-state index contributed by atoms with van der Waals surface area (Å²) in [5.41, 5.74) is 3.39. The van der Waals surface area contributed by atoms with Crippen molar-refractivity contribution < 1.29 is 4.52 Å². The fourth-order valence-corrected chi connectivity index (χ4v) is 1.74. The van der Waals surface area contributed by atoms with Crippen LogP contribution in [0.2, 0.25) is 0 Å². The van der Waals surface area contributed by atoms with Crippen molar-refractivity contribution in [3.8, 4) is 11.5 Å². The Hall–Kier alpha value is -0.910. The zero-order valence-electron chi connectivity index (χ0n) is 7.91. The molecule has 0 unspecified atom stereocenters. The van der Waals surface area contributed by atoms with Crippen LogP contribution in [0.3, 0.4) is 0 Å². The van der Waals surface area contributed by atoms with E-state index in [0.29, 0.717) is 9.72 Å². The zero-order chi connectivity index (χ0) is 10.1. The summed E-state index contributed by atoms with van der Waals surface area (Å²) in [6.45, 7) is 4.11. The highest BCUT2D eigenvalue weighted by atomic mass is 127. The highest BCUT2D eigenvalue weighted by Gasteiger charge is 2.07. The van der Waals surface area contributed by atoms with Gasteiger partial charge in [0.05, 0.1) is 0 Å². The van der Waals surface area contributed by atoms with Crippen molar-refractivity contribution in [1.82, 2.24) is 10.1 Å². The first-order valence-electron chi connectivity index (χ1n) is 4.23. The Kier molecular flexibility index (Phi) is 2.54. The minimum Gasteiger partial charge on any atom is -0.333 e. The van der Waals surface area contributed by atoms with E-state index in [1.807, 2.05) is 34.7 Å². The molecule has 0 atom stereocenters. The molecule has 3 nitrogen and oxygen atoms in total. The maximum atomic E-state index is 5.09. The van der Waals surface area contributed by atoms with Crippen molar-refractivity contribution >= 4 is 22.6 Å². The van der Waals surface area contributed by atoms with Gasteiger partial charge in [-0.15, -0.1) is 0 Å². The van der Waals surface area contributed by atoms with E-state index in [-0.39, 0.29) is 0 Å². The van der Waals surface area contributed by atoms with E-state index in [0.717, 1.165) is 5.56 Å². The lowest BCUT2D eigenvalue weighted by atomic mass is 10.1. The van der Waals surface area contributed by atoms with Crippen LogP contribution in [0.5, 0.6) is 0 Å². The molecule has 72 valence electrons. The first-order valence-corrected chi connectivity index (χ1v) is 5.31. The van der Waals surface area contributed by atoms with E-state index >= 15 is 0 Å². The van der Waals surface area contributed by atoms with Crippen molar-refractivity contribution in [2.24, 2.45) is 0 Å². The molecule has 0 bridgehead atoms. The third kappa shape index (κ3) is 1.95. The van der Waals surface area contributed by atoms with Crippen LogP contribution >= 0.6 is 22.6 Å². The summed E-state index contributed by atoms with van der Waals surface area (Å²) in [6.07, 6.45) is 0. The molecular formula is C10H9IN2O. The average Bonchev–Trinajstić information content (AvgIpc) is 2.50. The van der Waals surface area contributed by atoms with Gasteiger partial charge >= 0.3 is 0 Å². The van der Waals surface area contributed by atoms with Crippen LogP contribution in [-0.2, 0) is 0 Å². The molecule has 1 heterocycles. The molecule has 0 aliphatic carbocycles. The number of nitrogens with zero attached hydrogens (tertiary/aromatic N) is 2. The second kappa shape index (κ2) is 3.68. The topological polar surface area (TPSA) is 38.9 Å². The molecule has 1 aromatic carbocycles. The quantitative estimate of drug-likeness (QED) is 0.760. The number of rotatable bonds is 1. The van der Waals surface area contributed by atoms with Gasteiger partial charge in [-0.1, -0.05) is 22.3 Å². The van der Waals surface area contributed by atoms with Crippen LogP contribution in [-0.4, -0.2) is 10.1 Å². The van der Waals surface area contributed by atoms with E-state index in [9.17, 15) is 0 Å². The smallest absolute Gasteiger partial charge is 0.258 e. The van der Waals surface area contributed by atoms with Gasteiger partial charge in [-0.2, -0.15) is 4.98 Å². The van der Waals surface area contributed by atoms with Crippen molar-refractivity contribution in [3.05, 3.63) is 33.2 Å². The third-order valence-corrected chi connectivity index (χ3v) is 2.31. The number of aromatic nitrogens is 2. The molecule has 0 N–H and O–H groups in total. The van der Waals surface area contributed by atoms with E-state index in [1.54, 1.807) is 0 Å². The van der Waals surface area contributed by atoms with Crippen LogP contribution in [0.1, 0.15) is 11.1 Å². The third-order valence-electron chi connectivity index (χ3n) is 1.87. The van der Waals surface area contributed by atoms with E-state index in [2.05, 4.69) is 30.1 Å². The number of benzene rings is 1. The fourth-order valence-electron chi connectivity index (χ4n) is 1.42. The van der Waals surface area contributed by atoms with Gasteiger partial charge in [0.25, 0.3) is 5.89 Å². The van der Waals surface area contributed by atoms with Gasteiger partial charge in [-0.3, -0.25) is 0 Å². The van der Waals surface area contributed by atoms with Crippen LogP contribution in [0.4, 0.5) is 0 Å². The normalized spacial score (nSPS) is 10.5. The SMILES string of the molecule is Cc1cc(C)cc(-c2nc(I)no2)c1. The van der Waals surface area contributed by atoms with Gasteiger partial charge in [0.1, 0.15) is 0 Å². The first kappa shape index (κ1) is 9.64. The van der Waals surface area contributed by atoms with Gasteiger partial charge in [0.2, 0.25) is 3.83 Å². The molecule has 0 saturated heterocycles. The molecular weight excluding hydrogens is 291 g/mol. The number of aryl methyl sites for hydroxylation is 2. The lowest BCUT2D eigenvalue weighted by molar-refractivity contribution is 0.426. The predicted molar refractivity (Wildman–Crippen MR) is 61.9 cm³/mol. The molecule has 0 amide bonds. The monoisotopic (exact) mass is 300 g/mol. The van der Waals surface area contributed by atoms with E-state index < -0.39 is 0 Å². The maximum absolute atomic E-state index is 5.09. The molecule has 14 heavy (non-hydrogen) atoms. The molecule has 0 radical (unpaired) electrons. The Morgan fingerprint density at radius 2 is 1.79 bits per heavy atom. The summed E-state index contributed by atoms with van der Waals surface area (Å²) in [7, 11) is 0. The average molecular weight is 300 g/mol. The summed E-state index contributed by atoms with van der Waals surface area (Å²) < 4.78 is 5.73. The van der Waals surface area contributed by atoms with E-state index in [4.69, 9.17) is 4.52 Å². The predicted octanol–water partition coefficient (Wildman–Crippen LogP) is 2.96. The largest absolute Gasteiger partial charge is 0.333 e. The Morgan fingerprint density at radius 1 is 1.14 bits per heavy atom. The van der Waals surface area contributed by atoms with Gasteiger partial charge in [-0.05, 0) is 26.0 Å². The molecule has 0 aliphatic heterocycles. The van der Waals surface area contributed by atoms with Crippen molar-refractivity contribution in [2.75, 3.05) is 0 Å². The van der Waals surface area contributed by atoms with E-state index in [1.165, 1.54) is 11.1 Å². The molecule has 2 aromatic rings. The first-order chi connectivity index (χ1) is 6.65. The van der Waals surface area contributed by atoms with Crippen LogP contribution in [0.15, 0.2) is 22.7 Å². The van der Waals surface area contributed by atoms with Crippen LogP contribution in [0.25, 0.3) is 11.5 Å². The van der Waals surface area contributed by atoms with Crippen LogP contribution < -0.4 is 0 Å². The summed E-state index contributed by atoms with van der Waals surface area (Å²) >= 11 is 2.03. The minimum atomic E-state index is 0.584. The Bertz CT molecular complexity index is 445.